The molecule has 0 atom stereocenters. The van der Waals surface area contributed by atoms with Crippen LogP contribution in [0.1, 0.15) is 17.5 Å². The van der Waals surface area contributed by atoms with Crippen LogP contribution in [0.5, 0.6) is 5.75 Å². The van der Waals surface area contributed by atoms with E-state index in [4.69, 9.17) is 11.6 Å². The number of aromatic hydroxyl groups is 1. The fraction of sp³-hybridized carbons (Fsp3) is 0.235. The second-order valence-corrected chi connectivity index (χ2v) is 7.05. The van der Waals surface area contributed by atoms with E-state index in [-0.39, 0.29) is 11.4 Å². The zero-order valence-electron chi connectivity index (χ0n) is 13.5. The van der Waals surface area contributed by atoms with Gasteiger partial charge in [-0.2, -0.15) is 0 Å². The molecule has 2 rings (SSSR count). The summed E-state index contributed by atoms with van der Waals surface area (Å²) in [6, 6.07) is 8.11. The summed E-state index contributed by atoms with van der Waals surface area (Å²) < 4.78 is 1.05. The summed E-state index contributed by atoms with van der Waals surface area (Å²) in [5, 5.41) is 24.1. The SMILES string of the molecule is Cc1cc(I)cc(C=NCCCNc2ccc([N+](=O)[O-])cc2Cl)c1O. The van der Waals surface area contributed by atoms with Gasteiger partial charge in [-0.25, -0.2) is 0 Å². The number of nitro groups is 1. The summed E-state index contributed by atoms with van der Waals surface area (Å²) in [5.74, 6) is 0.250. The highest BCUT2D eigenvalue weighted by Gasteiger charge is 2.08. The number of aliphatic imine (C=N–C) groups is 1. The van der Waals surface area contributed by atoms with Crippen molar-refractivity contribution in [2.24, 2.45) is 4.99 Å². The second-order valence-electron chi connectivity index (χ2n) is 5.40. The predicted octanol–water partition coefficient (Wildman–Crippen LogP) is 4.79. The zero-order valence-corrected chi connectivity index (χ0v) is 16.4. The van der Waals surface area contributed by atoms with Crippen LogP contribution in [0, 0.1) is 20.6 Å². The fourth-order valence-electron chi connectivity index (χ4n) is 2.18. The molecule has 0 aromatic heterocycles. The van der Waals surface area contributed by atoms with E-state index in [1.165, 1.54) is 12.1 Å². The molecule has 0 radical (unpaired) electrons. The van der Waals surface area contributed by atoms with Crippen molar-refractivity contribution in [3.8, 4) is 5.75 Å². The number of non-ortho nitro benzene ring substituents is 1. The van der Waals surface area contributed by atoms with Gasteiger partial charge in [0.25, 0.3) is 5.69 Å². The third kappa shape index (κ3) is 5.57. The summed E-state index contributed by atoms with van der Waals surface area (Å²) in [6.07, 6.45) is 2.43. The fourth-order valence-corrected chi connectivity index (χ4v) is 3.22. The zero-order chi connectivity index (χ0) is 18.4. The minimum absolute atomic E-state index is 0.0345. The Morgan fingerprint density at radius 2 is 2.16 bits per heavy atom. The number of nitrogens with one attached hydrogen (secondary N) is 1. The summed E-state index contributed by atoms with van der Waals surface area (Å²) in [6.45, 7) is 3.07. The molecular weight excluding hydrogens is 457 g/mol. The van der Waals surface area contributed by atoms with Gasteiger partial charge in [-0.1, -0.05) is 11.6 Å². The first kappa shape index (κ1) is 19.5. The number of phenols is 1. The summed E-state index contributed by atoms with van der Waals surface area (Å²) >= 11 is 8.22. The first-order valence-corrected chi connectivity index (χ1v) is 9.01. The van der Waals surface area contributed by atoms with E-state index in [0.29, 0.717) is 29.4 Å². The first-order valence-electron chi connectivity index (χ1n) is 7.55. The van der Waals surface area contributed by atoms with Gasteiger partial charge < -0.3 is 10.4 Å². The van der Waals surface area contributed by atoms with Crippen LogP contribution in [-0.4, -0.2) is 29.3 Å². The minimum atomic E-state index is -0.480. The van der Waals surface area contributed by atoms with Gasteiger partial charge in [-0.3, -0.25) is 15.1 Å². The molecule has 0 aliphatic carbocycles. The molecule has 0 spiro atoms. The Labute approximate surface area is 164 Å². The van der Waals surface area contributed by atoms with Gasteiger partial charge in [0.15, 0.2) is 0 Å². The van der Waals surface area contributed by atoms with Crippen molar-refractivity contribution in [1.82, 2.24) is 0 Å². The smallest absolute Gasteiger partial charge is 0.271 e. The lowest BCUT2D eigenvalue weighted by Crippen LogP contribution is -2.04. The quantitative estimate of drug-likeness (QED) is 0.199. The lowest BCUT2D eigenvalue weighted by atomic mass is 10.1. The molecule has 0 heterocycles. The van der Waals surface area contributed by atoms with Crippen LogP contribution < -0.4 is 5.32 Å². The summed E-state index contributed by atoms with van der Waals surface area (Å²) in [7, 11) is 0. The molecule has 0 saturated heterocycles. The maximum absolute atomic E-state index is 10.7. The Hall–Kier alpha value is -1.87. The average molecular weight is 474 g/mol. The van der Waals surface area contributed by atoms with E-state index in [1.54, 1.807) is 12.3 Å². The van der Waals surface area contributed by atoms with Crippen LogP contribution in [-0.2, 0) is 0 Å². The maximum atomic E-state index is 10.7. The molecular formula is C17H17ClIN3O3. The molecule has 8 heteroatoms. The maximum Gasteiger partial charge on any atom is 0.271 e. The Kier molecular flexibility index (Phi) is 7.01. The Morgan fingerprint density at radius 1 is 1.40 bits per heavy atom. The van der Waals surface area contributed by atoms with Crippen molar-refractivity contribution in [2.45, 2.75) is 13.3 Å². The van der Waals surface area contributed by atoms with E-state index >= 15 is 0 Å². The van der Waals surface area contributed by atoms with Gasteiger partial charge in [0.1, 0.15) is 5.75 Å². The van der Waals surface area contributed by atoms with Crippen molar-refractivity contribution >= 4 is 51.8 Å². The number of hydrogen-bond acceptors (Lipinski definition) is 5. The number of rotatable bonds is 7. The molecule has 0 saturated carbocycles. The van der Waals surface area contributed by atoms with E-state index in [2.05, 4.69) is 32.9 Å². The lowest BCUT2D eigenvalue weighted by molar-refractivity contribution is -0.384. The Balaban J connectivity index is 1.83. The van der Waals surface area contributed by atoms with Crippen LogP contribution >= 0.6 is 34.2 Å². The minimum Gasteiger partial charge on any atom is -0.507 e. The lowest BCUT2D eigenvalue weighted by Gasteiger charge is -2.07. The van der Waals surface area contributed by atoms with Crippen molar-refractivity contribution in [3.05, 3.63) is 60.2 Å². The van der Waals surface area contributed by atoms with Crippen LogP contribution in [0.4, 0.5) is 11.4 Å². The molecule has 132 valence electrons. The van der Waals surface area contributed by atoms with Crippen molar-refractivity contribution < 1.29 is 10.0 Å². The Morgan fingerprint density at radius 3 is 2.84 bits per heavy atom. The van der Waals surface area contributed by atoms with E-state index in [1.807, 2.05) is 19.1 Å². The highest BCUT2D eigenvalue weighted by Crippen LogP contribution is 2.26. The molecule has 2 aromatic carbocycles. The van der Waals surface area contributed by atoms with Crippen LogP contribution in [0.3, 0.4) is 0 Å². The number of anilines is 1. The van der Waals surface area contributed by atoms with Gasteiger partial charge in [-0.05, 0) is 59.7 Å². The molecule has 0 fully saturated rings. The summed E-state index contributed by atoms with van der Waals surface area (Å²) in [4.78, 5) is 14.5. The number of nitro benzene ring substituents is 1. The van der Waals surface area contributed by atoms with E-state index in [0.717, 1.165) is 15.6 Å². The third-order valence-electron chi connectivity index (χ3n) is 3.47. The normalized spacial score (nSPS) is 11.0. The molecule has 2 aromatic rings. The van der Waals surface area contributed by atoms with Crippen molar-refractivity contribution in [3.63, 3.8) is 0 Å². The van der Waals surface area contributed by atoms with E-state index in [9.17, 15) is 15.2 Å². The highest BCUT2D eigenvalue weighted by molar-refractivity contribution is 14.1. The monoisotopic (exact) mass is 473 g/mol. The molecule has 6 nitrogen and oxygen atoms in total. The van der Waals surface area contributed by atoms with Gasteiger partial charge >= 0.3 is 0 Å². The van der Waals surface area contributed by atoms with Gasteiger partial charge in [-0.15, -0.1) is 0 Å². The number of aryl methyl sites for hydroxylation is 1. The molecule has 0 amide bonds. The molecule has 0 bridgehead atoms. The standard InChI is InChI=1S/C17H17ClIN3O3/c1-11-7-13(19)8-12(17(11)23)10-20-5-2-6-21-16-4-3-14(22(24)25)9-15(16)18/h3-4,7-10,21,23H,2,5-6H2,1H3. The second kappa shape index (κ2) is 9.00. The number of nitrogens with zero attached hydrogens (tertiary/aromatic N) is 2. The predicted molar refractivity (Wildman–Crippen MR) is 109 cm³/mol. The van der Waals surface area contributed by atoms with Crippen LogP contribution in [0.2, 0.25) is 5.02 Å². The third-order valence-corrected chi connectivity index (χ3v) is 4.40. The van der Waals surface area contributed by atoms with Crippen molar-refractivity contribution in [2.75, 3.05) is 18.4 Å². The van der Waals surface area contributed by atoms with Gasteiger partial charge in [0.2, 0.25) is 0 Å². The molecule has 0 unspecified atom stereocenters. The Bertz CT molecular complexity index is 812. The van der Waals surface area contributed by atoms with E-state index < -0.39 is 4.92 Å². The largest absolute Gasteiger partial charge is 0.507 e. The summed E-state index contributed by atoms with van der Waals surface area (Å²) in [5.41, 5.74) is 2.15. The molecule has 0 aliphatic rings. The molecule has 2 N–H and O–H groups in total. The molecule has 0 aliphatic heterocycles. The van der Waals surface area contributed by atoms with Crippen LogP contribution in [0.15, 0.2) is 35.3 Å². The molecule has 25 heavy (non-hydrogen) atoms. The van der Waals surface area contributed by atoms with Gasteiger partial charge in [0.05, 0.1) is 15.6 Å². The number of halogens is 2. The van der Waals surface area contributed by atoms with Crippen LogP contribution in [0.25, 0.3) is 0 Å². The topological polar surface area (TPSA) is 87.8 Å². The van der Waals surface area contributed by atoms with Crippen molar-refractivity contribution in [1.29, 1.82) is 0 Å². The highest BCUT2D eigenvalue weighted by atomic mass is 127. The van der Waals surface area contributed by atoms with Gasteiger partial charge in [0, 0.05) is 40.6 Å². The average Bonchev–Trinajstić information content (AvgIpc) is 2.55. The number of phenolic OH excluding ortho intramolecular Hbond substituents is 1. The first-order chi connectivity index (χ1) is 11.9. The number of hydrogen-bond donors (Lipinski definition) is 2. The number of benzene rings is 2.